The minimum Gasteiger partial charge on any atom is -0.321 e. The van der Waals surface area contributed by atoms with Crippen LogP contribution < -0.4 is 5.32 Å². The van der Waals surface area contributed by atoms with Gasteiger partial charge in [-0.1, -0.05) is 42.0 Å². The molecular formula is C22H19BrN4O. The van der Waals surface area contributed by atoms with Gasteiger partial charge >= 0.3 is 0 Å². The first-order valence-electron chi connectivity index (χ1n) is 8.93. The Kier molecular flexibility index (Phi) is 4.73. The lowest BCUT2D eigenvalue weighted by Crippen LogP contribution is -2.16. The average Bonchev–Trinajstić information content (AvgIpc) is 3.01. The van der Waals surface area contributed by atoms with E-state index >= 15 is 0 Å². The fourth-order valence-electron chi connectivity index (χ4n) is 3.32. The number of aryl methyl sites for hydroxylation is 3. The van der Waals surface area contributed by atoms with Gasteiger partial charge in [-0.3, -0.25) is 4.79 Å². The van der Waals surface area contributed by atoms with Gasteiger partial charge in [0, 0.05) is 16.2 Å². The number of rotatable bonds is 3. The van der Waals surface area contributed by atoms with Gasteiger partial charge in [-0.15, -0.1) is 0 Å². The normalized spacial score (nSPS) is 11.0. The SMILES string of the molecule is Cc1cccc(-c2c(C)nn3c(C)c(C(=O)Nc4ccccc4Br)cnc23)c1. The molecule has 1 amide bonds. The molecule has 2 heterocycles. The Bertz CT molecular complexity index is 1210. The first-order chi connectivity index (χ1) is 13.5. The molecule has 0 radical (unpaired) electrons. The molecule has 4 rings (SSSR count). The van der Waals surface area contributed by atoms with Crippen molar-refractivity contribution in [3.63, 3.8) is 0 Å². The number of para-hydroxylation sites is 1. The zero-order valence-electron chi connectivity index (χ0n) is 15.8. The molecule has 0 spiro atoms. The molecule has 6 heteroatoms. The van der Waals surface area contributed by atoms with Crippen LogP contribution in [-0.2, 0) is 0 Å². The summed E-state index contributed by atoms with van der Waals surface area (Å²) in [6, 6.07) is 15.8. The van der Waals surface area contributed by atoms with E-state index in [1.165, 1.54) is 5.56 Å². The number of anilines is 1. The number of hydrogen-bond donors (Lipinski definition) is 1. The summed E-state index contributed by atoms with van der Waals surface area (Å²) in [5.41, 5.74) is 6.82. The number of aromatic nitrogens is 3. The molecule has 0 saturated carbocycles. The quantitative estimate of drug-likeness (QED) is 0.473. The van der Waals surface area contributed by atoms with Crippen molar-refractivity contribution < 1.29 is 4.79 Å². The number of fused-ring (bicyclic) bond motifs is 1. The summed E-state index contributed by atoms with van der Waals surface area (Å²) in [6.07, 6.45) is 1.62. The first kappa shape index (κ1) is 18.4. The monoisotopic (exact) mass is 434 g/mol. The van der Waals surface area contributed by atoms with E-state index < -0.39 is 0 Å². The van der Waals surface area contributed by atoms with Gasteiger partial charge in [-0.25, -0.2) is 9.50 Å². The summed E-state index contributed by atoms with van der Waals surface area (Å²) in [5.74, 6) is -0.218. The van der Waals surface area contributed by atoms with Crippen molar-refractivity contribution in [2.45, 2.75) is 20.8 Å². The summed E-state index contributed by atoms with van der Waals surface area (Å²) in [5, 5.41) is 7.58. The second kappa shape index (κ2) is 7.20. The molecule has 0 unspecified atom stereocenters. The van der Waals surface area contributed by atoms with Crippen LogP contribution in [0.5, 0.6) is 0 Å². The molecule has 0 saturated heterocycles. The van der Waals surface area contributed by atoms with Crippen molar-refractivity contribution in [3.8, 4) is 11.1 Å². The number of amides is 1. The molecule has 5 nitrogen and oxygen atoms in total. The third-order valence-corrected chi connectivity index (χ3v) is 5.42. The van der Waals surface area contributed by atoms with Gasteiger partial charge in [0.15, 0.2) is 5.65 Å². The predicted octanol–water partition coefficient (Wildman–Crippen LogP) is 5.34. The molecule has 0 aliphatic carbocycles. The number of halogens is 1. The molecule has 140 valence electrons. The van der Waals surface area contributed by atoms with Crippen molar-refractivity contribution in [3.05, 3.63) is 81.7 Å². The van der Waals surface area contributed by atoms with Crippen molar-refractivity contribution in [1.82, 2.24) is 14.6 Å². The highest BCUT2D eigenvalue weighted by Crippen LogP contribution is 2.29. The molecule has 0 aliphatic heterocycles. The maximum absolute atomic E-state index is 12.8. The molecule has 4 aromatic rings. The lowest BCUT2D eigenvalue weighted by molar-refractivity contribution is 0.102. The smallest absolute Gasteiger partial charge is 0.259 e. The van der Waals surface area contributed by atoms with Crippen LogP contribution in [0.3, 0.4) is 0 Å². The van der Waals surface area contributed by atoms with Crippen LogP contribution in [0.2, 0.25) is 0 Å². The minimum absolute atomic E-state index is 0.218. The molecule has 0 bridgehead atoms. The molecule has 2 aromatic heterocycles. The second-order valence-corrected chi connectivity index (χ2v) is 7.61. The van der Waals surface area contributed by atoms with Crippen LogP contribution in [0.4, 0.5) is 5.69 Å². The number of nitrogens with zero attached hydrogens (tertiary/aromatic N) is 3. The minimum atomic E-state index is -0.218. The third-order valence-electron chi connectivity index (χ3n) is 4.73. The maximum atomic E-state index is 12.8. The Hall–Kier alpha value is -2.99. The summed E-state index contributed by atoms with van der Waals surface area (Å²) in [6.45, 7) is 5.91. The van der Waals surface area contributed by atoms with Crippen molar-refractivity contribution >= 4 is 33.2 Å². The van der Waals surface area contributed by atoms with E-state index in [9.17, 15) is 4.79 Å². The van der Waals surface area contributed by atoms with E-state index in [0.717, 1.165) is 32.6 Å². The molecule has 0 aliphatic rings. The first-order valence-corrected chi connectivity index (χ1v) is 9.73. The van der Waals surface area contributed by atoms with Gasteiger partial charge < -0.3 is 5.32 Å². The third kappa shape index (κ3) is 3.20. The predicted molar refractivity (Wildman–Crippen MR) is 115 cm³/mol. The van der Waals surface area contributed by atoms with Crippen LogP contribution in [-0.4, -0.2) is 20.5 Å². The van der Waals surface area contributed by atoms with Crippen molar-refractivity contribution in [2.24, 2.45) is 0 Å². The van der Waals surface area contributed by atoms with Crippen LogP contribution in [0.25, 0.3) is 16.8 Å². The number of benzene rings is 2. The molecular weight excluding hydrogens is 416 g/mol. The Balaban J connectivity index is 1.78. The van der Waals surface area contributed by atoms with Crippen LogP contribution >= 0.6 is 15.9 Å². The Morgan fingerprint density at radius 3 is 2.61 bits per heavy atom. The van der Waals surface area contributed by atoms with E-state index in [-0.39, 0.29) is 5.91 Å². The Morgan fingerprint density at radius 2 is 1.86 bits per heavy atom. The summed E-state index contributed by atoms with van der Waals surface area (Å²) < 4.78 is 2.58. The number of hydrogen-bond acceptors (Lipinski definition) is 3. The van der Waals surface area contributed by atoms with Gasteiger partial charge in [0.1, 0.15) is 0 Å². The lowest BCUT2D eigenvalue weighted by Gasteiger charge is -2.10. The standard InChI is InChI=1S/C22H19BrN4O/c1-13-7-6-8-16(11-13)20-14(2)26-27-15(3)17(12-24-21(20)27)22(28)25-19-10-5-4-9-18(19)23/h4-12H,1-3H3,(H,25,28). The molecule has 2 aromatic carbocycles. The van der Waals surface area contributed by atoms with Gasteiger partial charge in [-0.05, 0) is 54.4 Å². The topological polar surface area (TPSA) is 59.3 Å². The Morgan fingerprint density at radius 1 is 1.07 bits per heavy atom. The summed E-state index contributed by atoms with van der Waals surface area (Å²) in [4.78, 5) is 17.4. The zero-order chi connectivity index (χ0) is 19.8. The second-order valence-electron chi connectivity index (χ2n) is 6.76. The number of carbonyl (C=O) groups is 1. The highest BCUT2D eigenvalue weighted by molar-refractivity contribution is 9.10. The number of carbonyl (C=O) groups excluding carboxylic acids is 1. The van der Waals surface area contributed by atoms with E-state index in [2.05, 4.69) is 56.5 Å². The Labute approximate surface area is 171 Å². The number of nitrogens with one attached hydrogen (secondary N) is 1. The molecule has 1 N–H and O–H groups in total. The zero-order valence-corrected chi connectivity index (χ0v) is 17.4. The van der Waals surface area contributed by atoms with E-state index in [0.29, 0.717) is 11.3 Å². The van der Waals surface area contributed by atoms with Gasteiger partial charge in [-0.2, -0.15) is 5.10 Å². The van der Waals surface area contributed by atoms with Gasteiger partial charge in [0.05, 0.1) is 22.6 Å². The van der Waals surface area contributed by atoms with E-state index in [1.807, 2.05) is 44.2 Å². The van der Waals surface area contributed by atoms with Crippen molar-refractivity contribution in [1.29, 1.82) is 0 Å². The fourth-order valence-corrected chi connectivity index (χ4v) is 3.70. The van der Waals surface area contributed by atoms with Crippen LogP contribution in [0.15, 0.2) is 59.2 Å². The summed E-state index contributed by atoms with van der Waals surface area (Å²) >= 11 is 3.45. The molecule has 0 atom stereocenters. The summed E-state index contributed by atoms with van der Waals surface area (Å²) in [7, 11) is 0. The van der Waals surface area contributed by atoms with E-state index in [1.54, 1.807) is 10.7 Å². The van der Waals surface area contributed by atoms with Crippen LogP contribution in [0, 0.1) is 20.8 Å². The van der Waals surface area contributed by atoms with Gasteiger partial charge in [0.2, 0.25) is 0 Å². The average molecular weight is 435 g/mol. The van der Waals surface area contributed by atoms with Gasteiger partial charge in [0.25, 0.3) is 5.91 Å². The molecule has 28 heavy (non-hydrogen) atoms. The maximum Gasteiger partial charge on any atom is 0.259 e. The van der Waals surface area contributed by atoms with Crippen molar-refractivity contribution in [2.75, 3.05) is 5.32 Å². The van der Waals surface area contributed by atoms with Crippen LogP contribution in [0.1, 0.15) is 27.3 Å². The lowest BCUT2D eigenvalue weighted by atomic mass is 10.0. The highest BCUT2D eigenvalue weighted by atomic mass is 79.9. The van der Waals surface area contributed by atoms with E-state index in [4.69, 9.17) is 0 Å². The molecule has 0 fully saturated rings. The fraction of sp³-hybridized carbons (Fsp3) is 0.136. The largest absolute Gasteiger partial charge is 0.321 e. The highest BCUT2D eigenvalue weighted by Gasteiger charge is 2.19.